The Morgan fingerprint density at radius 3 is 2.24 bits per heavy atom. The van der Waals surface area contributed by atoms with Crippen molar-refractivity contribution in [3.05, 3.63) is 0 Å². The molecule has 2 aliphatic carbocycles. The Morgan fingerprint density at radius 2 is 1.76 bits per heavy atom. The molecule has 0 amide bonds. The fraction of sp³-hybridized carbons (Fsp3) is 1.00. The standard InChI is InChI=1S/C11H22N2O2S.ClH/c12-7-11(10-5-6-10)13-16(14,15)8-9-3-1-2-4-9;/h9-11,13H,1-8,12H2;1H. The predicted molar refractivity (Wildman–Crippen MR) is 71.7 cm³/mol. The van der Waals surface area contributed by atoms with Crippen LogP contribution in [0.25, 0.3) is 0 Å². The van der Waals surface area contributed by atoms with Gasteiger partial charge in [0.2, 0.25) is 10.0 Å². The summed E-state index contributed by atoms with van der Waals surface area (Å²) < 4.78 is 26.6. The number of hydrogen-bond acceptors (Lipinski definition) is 3. The fourth-order valence-corrected chi connectivity index (χ4v) is 4.40. The SMILES string of the molecule is Cl.NCC(NS(=O)(=O)CC1CCCC1)C1CC1. The van der Waals surface area contributed by atoms with Crippen LogP contribution in [0.4, 0.5) is 0 Å². The molecule has 6 heteroatoms. The predicted octanol–water partition coefficient (Wildman–Crippen LogP) is 1.26. The van der Waals surface area contributed by atoms with Crippen LogP contribution in [0, 0.1) is 11.8 Å². The summed E-state index contributed by atoms with van der Waals surface area (Å²) in [7, 11) is -3.11. The molecule has 0 bridgehead atoms. The molecule has 2 saturated carbocycles. The second-order valence-electron chi connectivity index (χ2n) is 5.23. The first kappa shape index (κ1) is 15.2. The monoisotopic (exact) mass is 282 g/mol. The van der Waals surface area contributed by atoms with E-state index in [1.807, 2.05) is 0 Å². The van der Waals surface area contributed by atoms with Crippen molar-refractivity contribution >= 4 is 22.4 Å². The maximum atomic E-state index is 11.9. The van der Waals surface area contributed by atoms with Crippen molar-refractivity contribution in [2.24, 2.45) is 17.6 Å². The highest BCUT2D eigenvalue weighted by Gasteiger charge is 2.33. The fourth-order valence-electron chi connectivity index (χ4n) is 2.60. The summed E-state index contributed by atoms with van der Waals surface area (Å²) in [6.45, 7) is 0.425. The lowest BCUT2D eigenvalue weighted by atomic mass is 10.1. The molecule has 0 radical (unpaired) electrons. The van der Waals surface area contributed by atoms with E-state index >= 15 is 0 Å². The number of nitrogens with two attached hydrogens (primary N) is 1. The first-order valence-corrected chi connectivity index (χ1v) is 7.96. The van der Waals surface area contributed by atoms with Gasteiger partial charge < -0.3 is 5.73 Å². The van der Waals surface area contributed by atoms with Crippen LogP contribution in [0.5, 0.6) is 0 Å². The van der Waals surface area contributed by atoms with Crippen LogP contribution in [0.2, 0.25) is 0 Å². The van der Waals surface area contributed by atoms with E-state index in [1.165, 1.54) is 12.8 Å². The lowest BCUT2D eigenvalue weighted by molar-refractivity contribution is 0.505. The number of hydrogen-bond donors (Lipinski definition) is 2. The Hall–Kier alpha value is 0.160. The Balaban J connectivity index is 0.00000144. The van der Waals surface area contributed by atoms with E-state index in [0.717, 1.165) is 25.7 Å². The van der Waals surface area contributed by atoms with E-state index in [4.69, 9.17) is 5.73 Å². The summed E-state index contributed by atoms with van der Waals surface area (Å²) in [6.07, 6.45) is 6.74. The van der Waals surface area contributed by atoms with Gasteiger partial charge in [-0.1, -0.05) is 12.8 Å². The van der Waals surface area contributed by atoms with Gasteiger partial charge in [-0.3, -0.25) is 0 Å². The maximum Gasteiger partial charge on any atom is 0.212 e. The third-order valence-corrected chi connectivity index (χ3v) is 5.28. The molecule has 0 heterocycles. The Kier molecular flexibility index (Phi) is 5.70. The normalized spacial score (nSPS) is 23.4. The molecule has 3 N–H and O–H groups in total. The van der Waals surface area contributed by atoms with Crippen molar-refractivity contribution in [3.8, 4) is 0 Å². The molecule has 4 nitrogen and oxygen atoms in total. The summed E-state index contributed by atoms with van der Waals surface area (Å²) in [5.74, 6) is 1.16. The van der Waals surface area contributed by atoms with Crippen molar-refractivity contribution < 1.29 is 8.42 Å². The molecule has 2 rings (SSSR count). The quantitative estimate of drug-likeness (QED) is 0.770. The molecule has 2 fully saturated rings. The van der Waals surface area contributed by atoms with Crippen LogP contribution in [0.15, 0.2) is 0 Å². The van der Waals surface area contributed by atoms with E-state index < -0.39 is 10.0 Å². The van der Waals surface area contributed by atoms with Gasteiger partial charge in [0.1, 0.15) is 0 Å². The average Bonchev–Trinajstić information content (AvgIpc) is 2.95. The number of sulfonamides is 1. The maximum absolute atomic E-state index is 11.9. The van der Waals surface area contributed by atoms with E-state index in [9.17, 15) is 8.42 Å². The zero-order valence-electron chi connectivity index (χ0n) is 10.1. The highest BCUT2D eigenvalue weighted by atomic mass is 35.5. The van der Waals surface area contributed by atoms with Crippen LogP contribution < -0.4 is 10.5 Å². The summed E-state index contributed by atoms with van der Waals surface area (Å²) in [4.78, 5) is 0. The van der Waals surface area contributed by atoms with Crippen molar-refractivity contribution in [1.82, 2.24) is 4.72 Å². The minimum Gasteiger partial charge on any atom is -0.329 e. The molecule has 2 aliphatic rings. The van der Waals surface area contributed by atoms with E-state index in [-0.39, 0.29) is 18.4 Å². The molecule has 17 heavy (non-hydrogen) atoms. The zero-order valence-corrected chi connectivity index (χ0v) is 11.7. The first-order chi connectivity index (χ1) is 7.61. The Labute approximate surface area is 110 Å². The van der Waals surface area contributed by atoms with Crippen molar-refractivity contribution in [2.75, 3.05) is 12.3 Å². The van der Waals surface area contributed by atoms with Gasteiger partial charge in [0.25, 0.3) is 0 Å². The van der Waals surface area contributed by atoms with Crippen LogP contribution in [-0.2, 0) is 10.0 Å². The van der Waals surface area contributed by atoms with Gasteiger partial charge in [0.15, 0.2) is 0 Å². The molecular weight excluding hydrogens is 260 g/mol. The molecule has 0 aliphatic heterocycles. The molecule has 0 aromatic rings. The third kappa shape index (κ3) is 4.73. The smallest absolute Gasteiger partial charge is 0.212 e. The molecule has 1 unspecified atom stereocenters. The van der Waals surface area contributed by atoms with Crippen LogP contribution in [0.1, 0.15) is 38.5 Å². The van der Waals surface area contributed by atoms with E-state index in [0.29, 0.717) is 24.1 Å². The molecule has 102 valence electrons. The third-order valence-electron chi connectivity index (χ3n) is 3.71. The molecular formula is C11H23ClN2O2S. The van der Waals surface area contributed by atoms with E-state index in [2.05, 4.69) is 4.72 Å². The second kappa shape index (κ2) is 6.36. The van der Waals surface area contributed by atoms with Crippen molar-refractivity contribution in [1.29, 1.82) is 0 Å². The van der Waals surface area contributed by atoms with Crippen LogP contribution in [-0.4, -0.2) is 26.8 Å². The number of halogens is 1. The number of nitrogens with one attached hydrogen (secondary N) is 1. The van der Waals surface area contributed by atoms with Gasteiger partial charge in [-0.15, -0.1) is 12.4 Å². The van der Waals surface area contributed by atoms with Gasteiger partial charge in [0.05, 0.1) is 5.75 Å². The van der Waals surface area contributed by atoms with Gasteiger partial charge in [-0.2, -0.15) is 0 Å². The molecule has 0 aromatic heterocycles. The lowest BCUT2D eigenvalue weighted by Crippen LogP contribution is -2.43. The highest BCUT2D eigenvalue weighted by Crippen LogP contribution is 2.33. The highest BCUT2D eigenvalue weighted by molar-refractivity contribution is 7.89. The summed E-state index contributed by atoms with van der Waals surface area (Å²) >= 11 is 0. The number of rotatable bonds is 6. The Bertz CT molecular complexity index is 324. The van der Waals surface area contributed by atoms with Crippen LogP contribution >= 0.6 is 12.4 Å². The minimum absolute atomic E-state index is 0. The summed E-state index contributed by atoms with van der Waals surface area (Å²) in [5.41, 5.74) is 5.60. The van der Waals surface area contributed by atoms with Crippen molar-refractivity contribution in [2.45, 2.75) is 44.6 Å². The van der Waals surface area contributed by atoms with Crippen LogP contribution in [0.3, 0.4) is 0 Å². The zero-order chi connectivity index (χ0) is 11.6. The first-order valence-electron chi connectivity index (χ1n) is 6.31. The average molecular weight is 283 g/mol. The topological polar surface area (TPSA) is 72.2 Å². The largest absolute Gasteiger partial charge is 0.329 e. The minimum atomic E-state index is -3.11. The molecule has 0 spiro atoms. The molecule has 0 saturated heterocycles. The summed E-state index contributed by atoms with van der Waals surface area (Å²) in [6, 6.07) is -0.0218. The molecule has 1 atom stereocenters. The van der Waals surface area contributed by atoms with Gasteiger partial charge >= 0.3 is 0 Å². The van der Waals surface area contributed by atoms with Gasteiger partial charge in [-0.25, -0.2) is 13.1 Å². The van der Waals surface area contributed by atoms with E-state index in [1.54, 1.807) is 0 Å². The van der Waals surface area contributed by atoms with Gasteiger partial charge in [0, 0.05) is 12.6 Å². The lowest BCUT2D eigenvalue weighted by Gasteiger charge is -2.18. The summed E-state index contributed by atoms with van der Waals surface area (Å²) in [5, 5.41) is 0. The molecule has 0 aromatic carbocycles. The van der Waals surface area contributed by atoms with Gasteiger partial charge in [-0.05, 0) is 37.5 Å². The van der Waals surface area contributed by atoms with Crippen molar-refractivity contribution in [3.63, 3.8) is 0 Å². The second-order valence-corrected chi connectivity index (χ2v) is 7.03. The Morgan fingerprint density at radius 1 is 1.18 bits per heavy atom.